The van der Waals surface area contributed by atoms with Crippen LogP contribution in [-0.4, -0.2) is 30.7 Å². The number of nitro groups is 1. The van der Waals surface area contributed by atoms with Crippen LogP contribution in [0.15, 0.2) is 18.2 Å². The first-order chi connectivity index (χ1) is 9.66. The quantitative estimate of drug-likeness (QED) is 0.502. The summed E-state index contributed by atoms with van der Waals surface area (Å²) in [5.74, 6) is -1.24. The maximum Gasteiger partial charge on any atom is 0.416 e. The molecule has 0 aliphatic carbocycles. The molecule has 2 N–H and O–H groups in total. The summed E-state index contributed by atoms with van der Waals surface area (Å²) in [6, 6.07) is 0.563. The lowest BCUT2D eigenvalue weighted by atomic mass is 10.2. The van der Waals surface area contributed by atoms with E-state index in [2.05, 4.69) is 4.74 Å². The molecule has 1 aromatic carbocycles. The Bertz CT molecular complexity index is 547. The predicted octanol–water partition coefficient (Wildman–Crippen LogP) is 1.49. The van der Waals surface area contributed by atoms with Crippen LogP contribution in [0.5, 0.6) is 5.75 Å². The van der Waals surface area contributed by atoms with Crippen molar-refractivity contribution in [3.63, 3.8) is 0 Å². The molecule has 0 aliphatic heterocycles. The second-order valence-electron chi connectivity index (χ2n) is 3.88. The van der Waals surface area contributed by atoms with Crippen molar-refractivity contribution in [1.82, 2.24) is 0 Å². The molecule has 0 heterocycles. The molecule has 0 aromatic heterocycles. The van der Waals surface area contributed by atoms with E-state index in [4.69, 9.17) is 10.5 Å². The monoisotopic (exact) mass is 308 g/mol. The molecule has 0 saturated carbocycles. The summed E-state index contributed by atoms with van der Waals surface area (Å²) in [5, 5.41) is 10.8. The summed E-state index contributed by atoms with van der Waals surface area (Å²) in [6.07, 6.45) is -4.72. The summed E-state index contributed by atoms with van der Waals surface area (Å²) in [4.78, 5) is 20.8. The lowest BCUT2D eigenvalue weighted by Crippen LogP contribution is -2.37. The van der Waals surface area contributed by atoms with Crippen molar-refractivity contribution < 1.29 is 32.4 Å². The van der Waals surface area contributed by atoms with E-state index in [-0.39, 0.29) is 0 Å². The molecule has 0 saturated heterocycles. The number of rotatable bonds is 5. The third kappa shape index (κ3) is 4.31. The normalized spacial score (nSPS) is 12.6. The van der Waals surface area contributed by atoms with Gasteiger partial charge in [0.2, 0.25) is 0 Å². The zero-order valence-electron chi connectivity index (χ0n) is 10.7. The molecule has 7 nitrogen and oxygen atoms in total. The van der Waals surface area contributed by atoms with Gasteiger partial charge in [-0.15, -0.1) is 0 Å². The molecule has 1 atom stereocenters. The van der Waals surface area contributed by atoms with Crippen LogP contribution in [0, 0.1) is 10.1 Å². The maximum atomic E-state index is 12.5. The molecule has 0 aliphatic rings. The van der Waals surface area contributed by atoms with Crippen LogP contribution in [0.1, 0.15) is 5.56 Å². The lowest BCUT2D eigenvalue weighted by molar-refractivity contribution is -0.386. The Hall–Kier alpha value is -2.36. The van der Waals surface area contributed by atoms with Crippen LogP contribution in [0.4, 0.5) is 18.9 Å². The number of nitrogens with zero attached hydrogens (tertiary/aromatic N) is 1. The number of hydrogen-bond acceptors (Lipinski definition) is 6. The Labute approximate surface area is 116 Å². The minimum absolute atomic E-state index is 0.346. The molecular weight excluding hydrogens is 297 g/mol. The highest BCUT2D eigenvalue weighted by Crippen LogP contribution is 2.35. The first-order valence-corrected chi connectivity index (χ1v) is 5.48. The highest BCUT2D eigenvalue weighted by Gasteiger charge is 2.33. The molecule has 0 radical (unpaired) electrons. The Kier molecular flexibility index (Phi) is 5.08. The van der Waals surface area contributed by atoms with E-state index in [9.17, 15) is 28.1 Å². The van der Waals surface area contributed by atoms with Crippen molar-refractivity contribution in [3.05, 3.63) is 33.9 Å². The average molecular weight is 308 g/mol. The fraction of sp³-hybridized carbons (Fsp3) is 0.364. The number of nitro benzene ring substituents is 1. The Morgan fingerprint density at radius 1 is 1.48 bits per heavy atom. The smallest absolute Gasteiger partial charge is 0.416 e. The van der Waals surface area contributed by atoms with Gasteiger partial charge in [-0.3, -0.25) is 14.9 Å². The lowest BCUT2D eigenvalue weighted by Gasteiger charge is -2.12. The van der Waals surface area contributed by atoms with E-state index in [0.717, 1.165) is 13.2 Å². The average Bonchev–Trinajstić information content (AvgIpc) is 2.42. The number of benzene rings is 1. The number of hydrogen-bond donors (Lipinski definition) is 1. The van der Waals surface area contributed by atoms with E-state index in [1.807, 2.05) is 0 Å². The molecule has 1 unspecified atom stereocenters. The maximum absolute atomic E-state index is 12.5. The van der Waals surface area contributed by atoms with E-state index in [0.29, 0.717) is 12.1 Å². The Morgan fingerprint density at radius 2 is 2.10 bits per heavy atom. The zero-order chi connectivity index (χ0) is 16.2. The number of carbonyl (C=O) groups excluding carboxylic acids is 1. The molecule has 1 rings (SSSR count). The molecule has 0 amide bonds. The number of alkyl halides is 3. The summed E-state index contributed by atoms with van der Waals surface area (Å²) < 4.78 is 46.7. The van der Waals surface area contributed by atoms with Crippen LogP contribution in [-0.2, 0) is 15.7 Å². The van der Waals surface area contributed by atoms with E-state index >= 15 is 0 Å². The van der Waals surface area contributed by atoms with Gasteiger partial charge < -0.3 is 15.2 Å². The van der Waals surface area contributed by atoms with E-state index in [1.165, 1.54) is 0 Å². The fourth-order valence-corrected chi connectivity index (χ4v) is 1.36. The third-order valence-corrected chi connectivity index (χ3v) is 2.41. The van der Waals surface area contributed by atoms with Crippen molar-refractivity contribution in [2.75, 3.05) is 13.7 Å². The van der Waals surface area contributed by atoms with Gasteiger partial charge in [0.15, 0.2) is 5.75 Å². The second-order valence-corrected chi connectivity index (χ2v) is 3.88. The van der Waals surface area contributed by atoms with Gasteiger partial charge in [-0.1, -0.05) is 0 Å². The van der Waals surface area contributed by atoms with Crippen molar-refractivity contribution in [2.45, 2.75) is 12.2 Å². The fourth-order valence-electron chi connectivity index (χ4n) is 1.36. The molecule has 0 fully saturated rings. The Balaban J connectivity index is 2.97. The van der Waals surface area contributed by atoms with Gasteiger partial charge in [0.25, 0.3) is 0 Å². The second kappa shape index (κ2) is 6.39. The zero-order valence-corrected chi connectivity index (χ0v) is 10.7. The van der Waals surface area contributed by atoms with Gasteiger partial charge in [0, 0.05) is 6.07 Å². The topological polar surface area (TPSA) is 105 Å². The first-order valence-electron chi connectivity index (χ1n) is 5.48. The Morgan fingerprint density at radius 3 is 2.57 bits per heavy atom. The van der Waals surface area contributed by atoms with Crippen LogP contribution in [0.25, 0.3) is 0 Å². The molecule has 10 heteroatoms. The van der Waals surface area contributed by atoms with Gasteiger partial charge >= 0.3 is 17.8 Å². The number of methoxy groups -OCH3 is 1. The molecule has 21 heavy (non-hydrogen) atoms. The molecular formula is C11H11F3N2O5. The van der Waals surface area contributed by atoms with E-state index < -0.39 is 46.7 Å². The minimum Gasteiger partial charge on any atom is -0.485 e. The van der Waals surface area contributed by atoms with Crippen LogP contribution < -0.4 is 10.5 Å². The summed E-state index contributed by atoms with van der Waals surface area (Å²) >= 11 is 0. The van der Waals surface area contributed by atoms with Crippen molar-refractivity contribution in [3.8, 4) is 5.75 Å². The standard InChI is InChI=1S/C11H11F3N2O5/c1-20-10(17)7(15)5-21-9-3-2-6(11(12,13)14)4-8(9)16(18)19/h2-4,7H,5,15H2,1H3. The summed E-state index contributed by atoms with van der Waals surface area (Å²) in [6.45, 7) is -0.473. The SMILES string of the molecule is COC(=O)C(N)COc1ccc(C(F)(F)F)cc1[N+](=O)[O-]. The van der Waals surface area contributed by atoms with Gasteiger partial charge in [-0.05, 0) is 12.1 Å². The number of halogens is 3. The summed E-state index contributed by atoms with van der Waals surface area (Å²) in [5.41, 5.74) is 3.30. The van der Waals surface area contributed by atoms with Crippen LogP contribution in [0.3, 0.4) is 0 Å². The molecule has 1 aromatic rings. The van der Waals surface area contributed by atoms with Crippen LogP contribution in [0.2, 0.25) is 0 Å². The highest BCUT2D eigenvalue weighted by molar-refractivity contribution is 5.75. The van der Waals surface area contributed by atoms with Crippen LogP contribution >= 0.6 is 0 Å². The largest absolute Gasteiger partial charge is 0.485 e. The number of nitrogens with two attached hydrogens (primary N) is 1. The molecule has 0 spiro atoms. The summed E-state index contributed by atoms with van der Waals surface area (Å²) in [7, 11) is 1.09. The number of esters is 1. The number of carbonyl (C=O) groups is 1. The van der Waals surface area contributed by atoms with Gasteiger partial charge in [0.1, 0.15) is 12.6 Å². The van der Waals surface area contributed by atoms with Crippen molar-refractivity contribution in [2.24, 2.45) is 5.73 Å². The molecule has 116 valence electrons. The first kappa shape index (κ1) is 16.7. The van der Waals surface area contributed by atoms with Gasteiger partial charge in [0.05, 0.1) is 17.6 Å². The number of ether oxygens (including phenoxy) is 2. The van der Waals surface area contributed by atoms with Gasteiger partial charge in [-0.25, -0.2) is 0 Å². The van der Waals surface area contributed by atoms with Crippen molar-refractivity contribution in [1.29, 1.82) is 0 Å². The predicted molar refractivity (Wildman–Crippen MR) is 63.6 cm³/mol. The third-order valence-electron chi connectivity index (χ3n) is 2.41. The molecule has 0 bridgehead atoms. The van der Waals surface area contributed by atoms with Crippen molar-refractivity contribution >= 4 is 11.7 Å². The van der Waals surface area contributed by atoms with E-state index in [1.54, 1.807) is 0 Å². The highest BCUT2D eigenvalue weighted by atomic mass is 19.4. The van der Waals surface area contributed by atoms with Gasteiger partial charge in [-0.2, -0.15) is 13.2 Å². The minimum atomic E-state index is -4.72.